The Morgan fingerprint density at radius 3 is 3.16 bits per heavy atom. The molecule has 2 aromatic rings. The Morgan fingerprint density at radius 2 is 2.37 bits per heavy atom. The van der Waals surface area contributed by atoms with E-state index < -0.39 is 0 Å². The summed E-state index contributed by atoms with van der Waals surface area (Å²) in [6.45, 7) is 0.123. The standard InChI is InChI=1S/C14H15N3O2/c18-9-10-4-5-11(7-10)16-14(19)12-8-15-13-3-1-2-6-17(12)13/h1-6,8,10-11,18H,7,9H2,(H,16,19)/t10-,11+/m0/s1. The van der Waals surface area contributed by atoms with E-state index in [1.54, 1.807) is 10.6 Å². The second kappa shape index (κ2) is 4.85. The summed E-state index contributed by atoms with van der Waals surface area (Å²) in [6.07, 6.45) is 8.02. The number of pyridine rings is 1. The molecule has 2 atom stereocenters. The number of hydrogen-bond donors (Lipinski definition) is 2. The van der Waals surface area contributed by atoms with Crippen LogP contribution in [0, 0.1) is 5.92 Å². The van der Waals surface area contributed by atoms with E-state index in [-0.39, 0.29) is 24.5 Å². The highest BCUT2D eigenvalue weighted by Gasteiger charge is 2.21. The first-order valence-electron chi connectivity index (χ1n) is 6.30. The Kier molecular flexibility index (Phi) is 3.05. The quantitative estimate of drug-likeness (QED) is 0.806. The van der Waals surface area contributed by atoms with Gasteiger partial charge in [0, 0.05) is 24.8 Å². The zero-order chi connectivity index (χ0) is 13.2. The topological polar surface area (TPSA) is 66.6 Å². The lowest BCUT2D eigenvalue weighted by Crippen LogP contribution is -2.33. The second-order valence-electron chi connectivity index (χ2n) is 4.72. The summed E-state index contributed by atoms with van der Waals surface area (Å²) in [5.41, 5.74) is 1.28. The van der Waals surface area contributed by atoms with Gasteiger partial charge in [-0.2, -0.15) is 0 Å². The molecule has 0 spiro atoms. The van der Waals surface area contributed by atoms with Crippen LogP contribution in [0.3, 0.4) is 0 Å². The third-order valence-corrected chi connectivity index (χ3v) is 3.37. The molecule has 2 N–H and O–H groups in total. The maximum Gasteiger partial charge on any atom is 0.270 e. The number of nitrogens with one attached hydrogen (secondary N) is 1. The predicted molar refractivity (Wildman–Crippen MR) is 70.8 cm³/mol. The smallest absolute Gasteiger partial charge is 0.270 e. The van der Waals surface area contributed by atoms with Crippen molar-refractivity contribution >= 4 is 11.6 Å². The first kappa shape index (κ1) is 11.9. The van der Waals surface area contributed by atoms with Gasteiger partial charge >= 0.3 is 0 Å². The fourth-order valence-corrected chi connectivity index (χ4v) is 2.36. The van der Waals surface area contributed by atoms with E-state index in [0.29, 0.717) is 5.69 Å². The lowest BCUT2D eigenvalue weighted by atomic mass is 10.1. The average molecular weight is 257 g/mol. The first-order valence-corrected chi connectivity index (χ1v) is 6.30. The van der Waals surface area contributed by atoms with Gasteiger partial charge in [0.25, 0.3) is 5.91 Å². The van der Waals surface area contributed by atoms with Gasteiger partial charge in [0.05, 0.1) is 6.20 Å². The predicted octanol–water partition coefficient (Wildman–Crippen LogP) is 1.00. The second-order valence-corrected chi connectivity index (χ2v) is 4.72. The molecule has 19 heavy (non-hydrogen) atoms. The molecule has 0 saturated heterocycles. The summed E-state index contributed by atoms with van der Waals surface area (Å²) >= 11 is 0. The molecule has 2 heterocycles. The largest absolute Gasteiger partial charge is 0.396 e. The fourth-order valence-electron chi connectivity index (χ4n) is 2.36. The number of rotatable bonds is 3. The van der Waals surface area contributed by atoms with Crippen LogP contribution in [0.2, 0.25) is 0 Å². The van der Waals surface area contributed by atoms with Crippen LogP contribution >= 0.6 is 0 Å². The average Bonchev–Trinajstić information content (AvgIpc) is 3.04. The van der Waals surface area contributed by atoms with Gasteiger partial charge in [-0.15, -0.1) is 0 Å². The number of carbonyl (C=O) groups is 1. The highest BCUT2D eigenvalue weighted by Crippen LogP contribution is 2.17. The number of imidazole rings is 1. The maximum atomic E-state index is 12.2. The molecule has 5 nitrogen and oxygen atoms in total. The van der Waals surface area contributed by atoms with Crippen molar-refractivity contribution < 1.29 is 9.90 Å². The lowest BCUT2D eigenvalue weighted by Gasteiger charge is -2.12. The van der Waals surface area contributed by atoms with Crippen molar-refractivity contribution in [3.05, 3.63) is 48.4 Å². The summed E-state index contributed by atoms with van der Waals surface area (Å²) in [4.78, 5) is 16.4. The normalized spacial score (nSPS) is 21.9. The van der Waals surface area contributed by atoms with Crippen molar-refractivity contribution in [3.8, 4) is 0 Å². The van der Waals surface area contributed by atoms with Crippen LogP contribution in [0.4, 0.5) is 0 Å². The molecule has 0 aliphatic heterocycles. The Labute approximate surface area is 110 Å². The fraction of sp³-hybridized carbons (Fsp3) is 0.286. The van der Waals surface area contributed by atoms with Crippen molar-refractivity contribution in [2.75, 3.05) is 6.61 Å². The molecule has 0 bridgehead atoms. The molecule has 0 saturated carbocycles. The van der Waals surface area contributed by atoms with Gasteiger partial charge < -0.3 is 10.4 Å². The van der Waals surface area contributed by atoms with Gasteiger partial charge in [-0.1, -0.05) is 18.2 Å². The number of nitrogens with zero attached hydrogens (tertiary/aromatic N) is 2. The highest BCUT2D eigenvalue weighted by atomic mass is 16.3. The number of amides is 1. The molecule has 1 amide bonds. The van der Waals surface area contributed by atoms with E-state index in [1.807, 2.05) is 36.5 Å². The number of aromatic nitrogens is 2. The monoisotopic (exact) mass is 257 g/mol. The third-order valence-electron chi connectivity index (χ3n) is 3.37. The van der Waals surface area contributed by atoms with Gasteiger partial charge in [-0.3, -0.25) is 9.20 Å². The van der Waals surface area contributed by atoms with E-state index in [0.717, 1.165) is 12.1 Å². The lowest BCUT2D eigenvalue weighted by molar-refractivity contribution is 0.0935. The van der Waals surface area contributed by atoms with Crippen LogP contribution in [0.25, 0.3) is 5.65 Å². The van der Waals surface area contributed by atoms with Crippen LogP contribution in [0.15, 0.2) is 42.7 Å². The molecule has 1 aliphatic rings. The van der Waals surface area contributed by atoms with Crippen molar-refractivity contribution in [2.24, 2.45) is 5.92 Å². The minimum atomic E-state index is -0.146. The van der Waals surface area contributed by atoms with Crippen LogP contribution in [-0.2, 0) is 0 Å². The van der Waals surface area contributed by atoms with Crippen molar-refractivity contribution in [2.45, 2.75) is 12.5 Å². The highest BCUT2D eigenvalue weighted by molar-refractivity contribution is 5.93. The number of carbonyl (C=O) groups excluding carboxylic acids is 1. The molecule has 98 valence electrons. The zero-order valence-electron chi connectivity index (χ0n) is 10.4. The Bertz CT molecular complexity index is 632. The van der Waals surface area contributed by atoms with Crippen molar-refractivity contribution in [1.82, 2.24) is 14.7 Å². The van der Waals surface area contributed by atoms with Gasteiger partial charge in [-0.05, 0) is 18.6 Å². The molecule has 0 radical (unpaired) electrons. The summed E-state index contributed by atoms with van der Waals surface area (Å²) < 4.78 is 1.76. The van der Waals surface area contributed by atoms with Crippen LogP contribution in [0.5, 0.6) is 0 Å². The van der Waals surface area contributed by atoms with Crippen molar-refractivity contribution in [3.63, 3.8) is 0 Å². The minimum Gasteiger partial charge on any atom is -0.396 e. The molecule has 2 aromatic heterocycles. The molecule has 1 aliphatic carbocycles. The van der Waals surface area contributed by atoms with Gasteiger partial charge in [0.15, 0.2) is 0 Å². The SMILES string of the molecule is O=C(N[C@@H]1C=C[C@H](CO)C1)c1cnc2ccccn12. The Balaban J connectivity index is 1.76. The molecule has 0 fully saturated rings. The molecule has 0 unspecified atom stereocenters. The molecular formula is C14H15N3O2. The van der Waals surface area contributed by atoms with Crippen LogP contribution in [-0.4, -0.2) is 33.0 Å². The Morgan fingerprint density at radius 1 is 1.47 bits per heavy atom. The summed E-state index contributed by atoms with van der Waals surface area (Å²) in [5, 5.41) is 12.0. The zero-order valence-corrected chi connectivity index (χ0v) is 10.4. The number of hydrogen-bond acceptors (Lipinski definition) is 3. The van der Waals surface area contributed by atoms with E-state index >= 15 is 0 Å². The maximum absolute atomic E-state index is 12.2. The van der Waals surface area contributed by atoms with Gasteiger partial charge in [-0.25, -0.2) is 4.98 Å². The third kappa shape index (κ3) is 2.24. The van der Waals surface area contributed by atoms with Crippen molar-refractivity contribution in [1.29, 1.82) is 0 Å². The number of fused-ring (bicyclic) bond motifs is 1. The Hall–Kier alpha value is -2.14. The first-order chi connectivity index (χ1) is 9.28. The summed E-state index contributed by atoms with van der Waals surface area (Å²) in [5.74, 6) is -0.000533. The van der Waals surface area contributed by atoms with Crippen LogP contribution < -0.4 is 5.32 Å². The molecule has 0 aromatic carbocycles. The van der Waals surface area contributed by atoms with Gasteiger partial charge in [0.2, 0.25) is 0 Å². The molecule has 3 rings (SSSR count). The number of aliphatic hydroxyl groups excluding tert-OH is 1. The molecule has 5 heteroatoms. The van der Waals surface area contributed by atoms with Gasteiger partial charge in [0.1, 0.15) is 11.3 Å². The van der Waals surface area contributed by atoms with E-state index in [4.69, 9.17) is 5.11 Å². The summed E-state index contributed by atoms with van der Waals surface area (Å²) in [7, 11) is 0. The number of aliphatic hydroxyl groups is 1. The van der Waals surface area contributed by atoms with E-state index in [9.17, 15) is 4.79 Å². The van der Waals surface area contributed by atoms with E-state index in [1.165, 1.54) is 0 Å². The summed E-state index contributed by atoms with van der Waals surface area (Å²) in [6, 6.07) is 5.59. The molecular weight excluding hydrogens is 242 g/mol. The van der Waals surface area contributed by atoms with E-state index in [2.05, 4.69) is 10.3 Å². The minimum absolute atomic E-state index is 0.0149. The van der Waals surface area contributed by atoms with Crippen LogP contribution in [0.1, 0.15) is 16.9 Å².